The van der Waals surface area contributed by atoms with Gasteiger partial charge in [0.2, 0.25) is 0 Å². The number of hydrogen-bond acceptors (Lipinski definition) is 2. The summed E-state index contributed by atoms with van der Waals surface area (Å²) in [5, 5.41) is 4.13. The van der Waals surface area contributed by atoms with Crippen LogP contribution < -0.4 is 10.1 Å². The maximum absolute atomic E-state index is 6.17. The standard InChI is InChI=1S/C15H22ClNO/c1-2-3-7-14(12-9-10-17-11-12)18-15-8-5-4-6-13(15)16/h4-6,8,12,14,17H,2-3,7,9-11H2,1H3/t12?,14-/m1/s1. The smallest absolute Gasteiger partial charge is 0.138 e. The number of ether oxygens (including phenoxy) is 1. The average Bonchev–Trinajstić information content (AvgIpc) is 2.90. The van der Waals surface area contributed by atoms with Gasteiger partial charge in [-0.05, 0) is 31.5 Å². The summed E-state index contributed by atoms with van der Waals surface area (Å²) in [6.07, 6.45) is 5.04. The Morgan fingerprint density at radius 2 is 2.28 bits per heavy atom. The van der Waals surface area contributed by atoms with Gasteiger partial charge in [-0.25, -0.2) is 0 Å². The Morgan fingerprint density at radius 1 is 1.44 bits per heavy atom. The fourth-order valence-corrected chi connectivity index (χ4v) is 2.67. The minimum absolute atomic E-state index is 0.292. The maximum Gasteiger partial charge on any atom is 0.138 e. The van der Waals surface area contributed by atoms with E-state index < -0.39 is 0 Å². The van der Waals surface area contributed by atoms with Gasteiger partial charge in [0.05, 0.1) is 5.02 Å². The molecule has 0 radical (unpaired) electrons. The molecule has 1 aliphatic rings. The Hall–Kier alpha value is -0.730. The first-order chi connectivity index (χ1) is 8.81. The fourth-order valence-electron chi connectivity index (χ4n) is 2.49. The lowest BCUT2D eigenvalue weighted by Crippen LogP contribution is -2.29. The summed E-state index contributed by atoms with van der Waals surface area (Å²) in [6, 6.07) is 7.77. The van der Waals surface area contributed by atoms with Crippen molar-refractivity contribution in [2.24, 2.45) is 5.92 Å². The molecule has 3 heteroatoms. The molecule has 1 fully saturated rings. The number of unbranched alkanes of at least 4 members (excludes halogenated alkanes) is 1. The number of nitrogens with one attached hydrogen (secondary N) is 1. The molecule has 0 saturated carbocycles. The molecule has 1 aromatic rings. The third-order valence-electron chi connectivity index (χ3n) is 3.58. The number of hydrogen-bond donors (Lipinski definition) is 1. The molecule has 1 saturated heterocycles. The molecule has 0 aliphatic carbocycles. The van der Waals surface area contributed by atoms with Gasteiger partial charge in [-0.2, -0.15) is 0 Å². The number of halogens is 1. The van der Waals surface area contributed by atoms with Crippen LogP contribution in [0.3, 0.4) is 0 Å². The van der Waals surface area contributed by atoms with E-state index in [1.807, 2.05) is 24.3 Å². The molecule has 100 valence electrons. The fraction of sp³-hybridized carbons (Fsp3) is 0.600. The zero-order chi connectivity index (χ0) is 12.8. The molecule has 1 N–H and O–H groups in total. The summed E-state index contributed by atoms with van der Waals surface area (Å²) >= 11 is 6.17. The molecule has 1 aromatic carbocycles. The van der Waals surface area contributed by atoms with Gasteiger partial charge < -0.3 is 10.1 Å². The number of para-hydroxylation sites is 1. The quantitative estimate of drug-likeness (QED) is 0.844. The zero-order valence-corrected chi connectivity index (χ0v) is 11.7. The van der Waals surface area contributed by atoms with Crippen molar-refractivity contribution in [3.63, 3.8) is 0 Å². The molecule has 1 heterocycles. The van der Waals surface area contributed by atoms with Crippen molar-refractivity contribution < 1.29 is 4.74 Å². The second kappa shape index (κ2) is 7.01. The van der Waals surface area contributed by atoms with Crippen LogP contribution in [0.2, 0.25) is 5.02 Å². The predicted octanol–water partition coefficient (Wildman–Crippen LogP) is 3.89. The molecule has 1 aliphatic heterocycles. The van der Waals surface area contributed by atoms with Crippen LogP contribution in [0.15, 0.2) is 24.3 Å². The van der Waals surface area contributed by atoms with Crippen LogP contribution in [0.25, 0.3) is 0 Å². The van der Waals surface area contributed by atoms with Crippen LogP contribution in [0.5, 0.6) is 5.75 Å². The summed E-state index contributed by atoms with van der Waals surface area (Å²) in [7, 11) is 0. The van der Waals surface area contributed by atoms with Gasteiger partial charge in [-0.15, -0.1) is 0 Å². The molecule has 0 aromatic heterocycles. The molecule has 2 rings (SSSR count). The molecule has 0 amide bonds. The Morgan fingerprint density at radius 3 is 2.94 bits per heavy atom. The third-order valence-corrected chi connectivity index (χ3v) is 3.89. The van der Waals surface area contributed by atoms with Crippen molar-refractivity contribution in [1.82, 2.24) is 5.32 Å². The first-order valence-corrected chi connectivity index (χ1v) is 7.31. The lowest BCUT2D eigenvalue weighted by Gasteiger charge is -2.24. The van der Waals surface area contributed by atoms with Gasteiger partial charge in [0.1, 0.15) is 11.9 Å². The Labute approximate surface area is 115 Å². The monoisotopic (exact) mass is 267 g/mol. The number of benzene rings is 1. The molecule has 0 bridgehead atoms. The van der Waals surface area contributed by atoms with E-state index in [0.29, 0.717) is 17.0 Å². The Bertz CT molecular complexity index is 363. The van der Waals surface area contributed by atoms with Gasteiger partial charge >= 0.3 is 0 Å². The van der Waals surface area contributed by atoms with E-state index in [1.54, 1.807) is 0 Å². The number of rotatable bonds is 6. The first kappa shape index (κ1) is 13.7. The van der Waals surface area contributed by atoms with Crippen molar-refractivity contribution in [3.05, 3.63) is 29.3 Å². The predicted molar refractivity (Wildman–Crippen MR) is 76.4 cm³/mol. The largest absolute Gasteiger partial charge is 0.489 e. The van der Waals surface area contributed by atoms with Crippen LogP contribution >= 0.6 is 11.6 Å². The minimum atomic E-state index is 0.292. The molecule has 0 spiro atoms. The van der Waals surface area contributed by atoms with Gasteiger partial charge in [0.25, 0.3) is 0 Å². The lowest BCUT2D eigenvalue weighted by molar-refractivity contribution is 0.131. The molecule has 2 atom stereocenters. The van der Waals surface area contributed by atoms with Gasteiger partial charge in [0.15, 0.2) is 0 Å². The highest BCUT2D eigenvalue weighted by Gasteiger charge is 2.26. The van der Waals surface area contributed by atoms with Gasteiger partial charge in [-0.1, -0.05) is 43.5 Å². The molecular formula is C15H22ClNO. The van der Waals surface area contributed by atoms with E-state index in [0.717, 1.165) is 25.3 Å². The van der Waals surface area contributed by atoms with Gasteiger partial charge in [0, 0.05) is 12.5 Å². The molecular weight excluding hydrogens is 246 g/mol. The zero-order valence-electron chi connectivity index (χ0n) is 11.0. The Balaban J connectivity index is 2.02. The van der Waals surface area contributed by atoms with E-state index in [9.17, 15) is 0 Å². The van der Waals surface area contributed by atoms with Crippen LogP contribution in [-0.4, -0.2) is 19.2 Å². The van der Waals surface area contributed by atoms with E-state index in [2.05, 4.69) is 12.2 Å². The summed E-state index contributed by atoms with van der Waals surface area (Å²) < 4.78 is 6.16. The van der Waals surface area contributed by atoms with Crippen molar-refractivity contribution in [2.75, 3.05) is 13.1 Å². The molecule has 1 unspecified atom stereocenters. The van der Waals surface area contributed by atoms with E-state index in [1.165, 1.54) is 19.3 Å². The second-order valence-corrected chi connectivity index (χ2v) is 5.39. The lowest BCUT2D eigenvalue weighted by atomic mass is 9.97. The van der Waals surface area contributed by atoms with Crippen LogP contribution in [-0.2, 0) is 0 Å². The maximum atomic E-state index is 6.17. The SMILES string of the molecule is CCCC[C@@H](Oc1ccccc1Cl)C1CCNC1. The normalized spacial score (nSPS) is 20.9. The average molecular weight is 268 g/mol. The van der Waals surface area contributed by atoms with Crippen molar-refractivity contribution >= 4 is 11.6 Å². The van der Waals surface area contributed by atoms with Crippen molar-refractivity contribution in [1.29, 1.82) is 0 Å². The minimum Gasteiger partial charge on any atom is -0.489 e. The van der Waals surface area contributed by atoms with E-state index >= 15 is 0 Å². The summed E-state index contributed by atoms with van der Waals surface area (Å²) in [6.45, 7) is 4.40. The van der Waals surface area contributed by atoms with Crippen LogP contribution in [0.4, 0.5) is 0 Å². The topological polar surface area (TPSA) is 21.3 Å². The highest BCUT2D eigenvalue weighted by atomic mass is 35.5. The van der Waals surface area contributed by atoms with E-state index in [4.69, 9.17) is 16.3 Å². The van der Waals surface area contributed by atoms with Crippen LogP contribution in [0.1, 0.15) is 32.6 Å². The van der Waals surface area contributed by atoms with E-state index in [-0.39, 0.29) is 0 Å². The van der Waals surface area contributed by atoms with Crippen LogP contribution in [0, 0.1) is 5.92 Å². The van der Waals surface area contributed by atoms with Crippen molar-refractivity contribution in [3.8, 4) is 5.75 Å². The molecule has 18 heavy (non-hydrogen) atoms. The first-order valence-electron chi connectivity index (χ1n) is 6.93. The summed E-state index contributed by atoms with van der Waals surface area (Å²) in [5.41, 5.74) is 0. The van der Waals surface area contributed by atoms with Crippen molar-refractivity contribution in [2.45, 2.75) is 38.7 Å². The second-order valence-electron chi connectivity index (χ2n) is 4.98. The highest BCUT2D eigenvalue weighted by molar-refractivity contribution is 6.32. The third kappa shape index (κ3) is 3.63. The molecule has 2 nitrogen and oxygen atoms in total. The summed E-state index contributed by atoms with van der Waals surface area (Å²) in [4.78, 5) is 0. The highest BCUT2D eigenvalue weighted by Crippen LogP contribution is 2.29. The van der Waals surface area contributed by atoms with Gasteiger partial charge in [-0.3, -0.25) is 0 Å². The Kier molecular flexibility index (Phi) is 5.33. The summed E-state index contributed by atoms with van der Waals surface area (Å²) in [5.74, 6) is 1.44.